The van der Waals surface area contributed by atoms with Crippen LogP contribution in [0.4, 0.5) is 0 Å². The number of para-hydroxylation sites is 2. The molecule has 0 heterocycles. The van der Waals surface area contributed by atoms with Gasteiger partial charge >= 0.3 is 5.69 Å². The van der Waals surface area contributed by atoms with Gasteiger partial charge < -0.3 is 9.05 Å². The minimum absolute atomic E-state index is 0.654. The highest BCUT2D eigenvalue weighted by Crippen LogP contribution is 2.58. The standard InChI is InChI=1S/C36H27O2PS2/c40-39(41,37-35-31(27-15-5-1-6-16-27)23-13-24-32(35)28-17-7-2-8-18-28)38-36-33(29-19-9-3-10-20-29)25-14-26-34(36)30-21-11-4-12-22-30/h1-26H,(H,40,41). The lowest BCUT2D eigenvalue weighted by Gasteiger charge is -2.25. The Labute approximate surface area is 251 Å². The zero-order chi connectivity index (χ0) is 28.1. The molecule has 6 rings (SSSR count). The van der Waals surface area contributed by atoms with Crippen molar-refractivity contribution in [3.8, 4) is 56.0 Å². The van der Waals surface area contributed by atoms with Gasteiger partial charge in [-0.1, -0.05) is 170 Å². The van der Waals surface area contributed by atoms with Crippen LogP contribution in [0.15, 0.2) is 158 Å². The van der Waals surface area contributed by atoms with Gasteiger partial charge in [0.15, 0.2) is 0 Å². The van der Waals surface area contributed by atoms with Crippen LogP contribution in [0, 0.1) is 0 Å². The van der Waals surface area contributed by atoms with Crippen molar-refractivity contribution in [3.05, 3.63) is 158 Å². The van der Waals surface area contributed by atoms with Gasteiger partial charge in [0, 0.05) is 22.3 Å². The summed E-state index contributed by atoms with van der Waals surface area (Å²) in [5.74, 6) is 1.31. The van der Waals surface area contributed by atoms with E-state index >= 15 is 0 Å². The first-order valence-electron chi connectivity index (χ1n) is 13.3. The highest BCUT2D eigenvalue weighted by molar-refractivity contribution is 8.60. The molecule has 0 aliphatic carbocycles. The Morgan fingerprint density at radius 2 is 0.610 bits per heavy atom. The third kappa shape index (κ3) is 6.16. The van der Waals surface area contributed by atoms with Crippen molar-refractivity contribution >= 4 is 29.7 Å². The van der Waals surface area contributed by atoms with Gasteiger partial charge in [-0.2, -0.15) is 0 Å². The lowest BCUT2D eigenvalue weighted by molar-refractivity contribution is 0.511. The molecule has 0 bridgehead atoms. The van der Waals surface area contributed by atoms with Crippen LogP contribution in [0.2, 0.25) is 0 Å². The summed E-state index contributed by atoms with van der Waals surface area (Å²) in [5, 5.41) is 0. The minimum Gasteiger partial charge on any atom is -0.427 e. The van der Waals surface area contributed by atoms with Crippen molar-refractivity contribution in [1.82, 2.24) is 0 Å². The molecule has 200 valence electrons. The molecule has 6 aromatic carbocycles. The second kappa shape index (κ2) is 12.2. The molecule has 0 fully saturated rings. The van der Waals surface area contributed by atoms with E-state index in [0.717, 1.165) is 44.5 Å². The second-order valence-corrected chi connectivity index (χ2v) is 14.6. The van der Waals surface area contributed by atoms with Crippen LogP contribution in [0.5, 0.6) is 11.5 Å². The maximum Gasteiger partial charge on any atom is 0.345 e. The zero-order valence-electron chi connectivity index (χ0n) is 22.1. The lowest BCUT2D eigenvalue weighted by Crippen LogP contribution is -2.01. The van der Waals surface area contributed by atoms with Crippen LogP contribution in [0.3, 0.4) is 0 Å². The predicted molar refractivity (Wildman–Crippen MR) is 179 cm³/mol. The topological polar surface area (TPSA) is 18.5 Å². The van der Waals surface area contributed by atoms with E-state index in [0.29, 0.717) is 11.5 Å². The average molecular weight is 587 g/mol. The van der Waals surface area contributed by atoms with Crippen molar-refractivity contribution in [3.63, 3.8) is 0 Å². The summed E-state index contributed by atoms with van der Waals surface area (Å²) in [6, 6.07) is 53.0. The molecule has 0 radical (unpaired) electrons. The number of thiol groups is 1. The van der Waals surface area contributed by atoms with Crippen molar-refractivity contribution in [2.75, 3.05) is 0 Å². The van der Waals surface area contributed by atoms with Crippen LogP contribution in [-0.2, 0) is 11.8 Å². The first-order chi connectivity index (χ1) is 20.1. The molecule has 0 atom stereocenters. The Morgan fingerprint density at radius 1 is 0.366 bits per heavy atom. The maximum atomic E-state index is 6.73. The molecule has 0 saturated heterocycles. The quantitative estimate of drug-likeness (QED) is 0.141. The molecular formula is C36H27O2PS2. The first-order valence-corrected chi connectivity index (χ1v) is 17.1. The van der Waals surface area contributed by atoms with Crippen LogP contribution in [0.25, 0.3) is 44.5 Å². The van der Waals surface area contributed by atoms with E-state index in [2.05, 4.69) is 48.5 Å². The van der Waals surface area contributed by atoms with Gasteiger partial charge in [0.25, 0.3) is 0 Å². The number of hydrogen-bond acceptors (Lipinski definition) is 3. The van der Waals surface area contributed by atoms with Gasteiger partial charge in [0.1, 0.15) is 11.5 Å². The summed E-state index contributed by atoms with van der Waals surface area (Å²) in [5.41, 5.74) is 4.62. The van der Waals surface area contributed by atoms with Crippen LogP contribution < -0.4 is 9.05 Å². The van der Waals surface area contributed by atoms with Gasteiger partial charge in [-0.05, 0) is 34.1 Å². The molecule has 0 amide bonds. The van der Waals surface area contributed by atoms with Gasteiger partial charge in [-0.15, -0.1) is 0 Å². The Kier molecular flexibility index (Phi) is 8.07. The van der Waals surface area contributed by atoms with E-state index in [1.807, 2.05) is 109 Å². The molecule has 0 unspecified atom stereocenters. The molecule has 0 saturated carbocycles. The Bertz CT molecular complexity index is 1560. The molecule has 2 nitrogen and oxygen atoms in total. The number of rotatable bonds is 8. The Morgan fingerprint density at radius 3 is 0.854 bits per heavy atom. The van der Waals surface area contributed by atoms with Crippen LogP contribution >= 0.6 is 17.9 Å². The zero-order valence-corrected chi connectivity index (χ0v) is 24.7. The van der Waals surface area contributed by atoms with Crippen molar-refractivity contribution in [2.45, 2.75) is 0 Å². The highest BCUT2D eigenvalue weighted by atomic mass is 32.9. The predicted octanol–water partition coefficient (Wildman–Crippen LogP) is 11.0. The van der Waals surface area contributed by atoms with Crippen molar-refractivity contribution in [2.24, 2.45) is 0 Å². The molecule has 0 aromatic heterocycles. The molecule has 0 N–H and O–H groups in total. The average Bonchev–Trinajstić information content (AvgIpc) is 3.02. The van der Waals surface area contributed by atoms with E-state index in [9.17, 15) is 0 Å². The normalized spacial score (nSPS) is 11.1. The summed E-state index contributed by atoms with van der Waals surface area (Å²) < 4.78 is 13.5. The third-order valence-corrected chi connectivity index (χ3v) is 8.55. The van der Waals surface area contributed by atoms with Gasteiger partial charge in [0.05, 0.1) is 0 Å². The SMILES string of the molecule is S=P(S)(Oc1c(-c2ccccc2)cccc1-c1ccccc1)Oc1c(-c2ccccc2)cccc1-c1ccccc1. The molecule has 0 spiro atoms. The summed E-state index contributed by atoms with van der Waals surface area (Å²) in [7, 11) is 0. The fraction of sp³-hybridized carbons (Fsp3) is 0. The molecule has 0 aliphatic heterocycles. The number of benzene rings is 6. The van der Waals surface area contributed by atoms with E-state index in [1.54, 1.807) is 0 Å². The summed E-state index contributed by atoms with van der Waals surface area (Å²) in [6.07, 6.45) is 0. The second-order valence-electron chi connectivity index (χ2n) is 9.48. The van der Waals surface area contributed by atoms with Crippen LogP contribution in [0.1, 0.15) is 0 Å². The monoisotopic (exact) mass is 586 g/mol. The molecule has 0 aliphatic rings. The van der Waals surface area contributed by atoms with E-state index < -0.39 is 5.69 Å². The first kappa shape index (κ1) is 27.1. The Hall–Kier alpha value is -4.08. The van der Waals surface area contributed by atoms with E-state index in [4.69, 9.17) is 33.1 Å². The summed E-state index contributed by atoms with van der Waals surface area (Å²) >= 11 is 11.0. The third-order valence-electron chi connectivity index (χ3n) is 6.78. The molecule has 5 heteroatoms. The summed E-state index contributed by atoms with van der Waals surface area (Å²) in [6.45, 7) is 0. The van der Waals surface area contributed by atoms with E-state index in [-0.39, 0.29) is 0 Å². The fourth-order valence-electron chi connectivity index (χ4n) is 4.90. The van der Waals surface area contributed by atoms with Gasteiger partial charge in [-0.25, -0.2) is 0 Å². The van der Waals surface area contributed by atoms with E-state index in [1.165, 1.54) is 0 Å². The highest BCUT2D eigenvalue weighted by Gasteiger charge is 2.26. The lowest BCUT2D eigenvalue weighted by atomic mass is 9.97. The van der Waals surface area contributed by atoms with Crippen molar-refractivity contribution < 1.29 is 9.05 Å². The maximum absolute atomic E-state index is 6.73. The summed E-state index contributed by atoms with van der Waals surface area (Å²) in [4.78, 5) is 0. The van der Waals surface area contributed by atoms with Crippen LogP contribution in [-0.4, -0.2) is 0 Å². The fourth-order valence-corrected chi connectivity index (χ4v) is 6.73. The van der Waals surface area contributed by atoms with Crippen molar-refractivity contribution in [1.29, 1.82) is 0 Å². The van der Waals surface area contributed by atoms with Gasteiger partial charge in [0.2, 0.25) is 0 Å². The van der Waals surface area contributed by atoms with Gasteiger partial charge in [-0.3, -0.25) is 0 Å². The Balaban J connectivity index is 1.48. The molecular weight excluding hydrogens is 560 g/mol. The smallest absolute Gasteiger partial charge is 0.345 e. The number of hydrogen-bond donors (Lipinski definition) is 1. The molecule has 41 heavy (non-hydrogen) atoms. The molecule has 6 aromatic rings. The largest absolute Gasteiger partial charge is 0.427 e. The minimum atomic E-state index is -3.20.